The number of rotatable bonds is 4. The average molecular weight is 324 g/mol. The summed E-state index contributed by atoms with van der Waals surface area (Å²) in [6.07, 6.45) is 2.93. The molecule has 1 fully saturated rings. The molecule has 3 heterocycles. The van der Waals surface area contributed by atoms with Crippen LogP contribution in [0.1, 0.15) is 36.2 Å². The molecule has 1 aliphatic rings. The second-order valence-corrected chi connectivity index (χ2v) is 6.35. The molecule has 0 spiro atoms. The molecule has 0 radical (unpaired) electrons. The lowest BCUT2D eigenvalue weighted by Gasteiger charge is -2.23. The maximum Gasteiger partial charge on any atom is 0.258 e. The number of aromatic nitrogens is 3. The second kappa shape index (κ2) is 6.20. The molecule has 1 N–H and O–H groups in total. The Hall–Kier alpha value is -2.47. The molecule has 6 nitrogen and oxygen atoms in total. The van der Waals surface area contributed by atoms with E-state index < -0.39 is 0 Å². The van der Waals surface area contributed by atoms with E-state index in [0.29, 0.717) is 5.39 Å². The maximum atomic E-state index is 12.3. The van der Waals surface area contributed by atoms with Crippen LogP contribution >= 0.6 is 0 Å². The highest BCUT2D eigenvalue weighted by molar-refractivity contribution is 5.77. The van der Waals surface area contributed by atoms with Crippen LogP contribution in [0.25, 0.3) is 10.9 Å². The van der Waals surface area contributed by atoms with Crippen molar-refractivity contribution < 1.29 is 4.52 Å². The number of likely N-dealkylation sites (tertiary alicyclic amines) is 1. The highest BCUT2D eigenvalue weighted by atomic mass is 16.5. The van der Waals surface area contributed by atoms with Crippen LogP contribution in [0.2, 0.25) is 0 Å². The van der Waals surface area contributed by atoms with Gasteiger partial charge >= 0.3 is 0 Å². The second-order valence-electron chi connectivity index (χ2n) is 6.35. The lowest BCUT2D eigenvalue weighted by atomic mass is 10.1. The maximum absolute atomic E-state index is 12.3. The van der Waals surface area contributed by atoms with Crippen molar-refractivity contribution in [3.8, 4) is 0 Å². The van der Waals surface area contributed by atoms with Crippen LogP contribution in [0, 0.1) is 6.92 Å². The number of aryl methyl sites for hydroxylation is 1. The van der Waals surface area contributed by atoms with Gasteiger partial charge in [0.1, 0.15) is 11.6 Å². The number of nitrogens with one attached hydrogen (secondary N) is 1. The smallest absolute Gasteiger partial charge is 0.258 e. The third kappa shape index (κ3) is 2.85. The van der Waals surface area contributed by atoms with Gasteiger partial charge in [0.25, 0.3) is 5.56 Å². The molecule has 24 heavy (non-hydrogen) atoms. The van der Waals surface area contributed by atoms with Crippen LogP contribution in [0.5, 0.6) is 0 Å². The molecule has 1 aliphatic heterocycles. The van der Waals surface area contributed by atoms with Crippen molar-refractivity contribution in [3.05, 3.63) is 58.0 Å². The van der Waals surface area contributed by atoms with Crippen LogP contribution in [-0.4, -0.2) is 33.1 Å². The van der Waals surface area contributed by atoms with Crippen molar-refractivity contribution in [2.45, 2.75) is 32.2 Å². The van der Waals surface area contributed by atoms with E-state index in [0.717, 1.165) is 55.1 Å². The zero-order valence-corrected chi connectivity index (χ0v) is 13.7. The third-order valence-electron chi connectivity index (χ3n) is 4.63. The minimum atomic E-state index is -0.0618. The van der Waals surface area contributed by atoms with Gasteiger partial charge in [-0.05, 0) is 38.4 Å². The molecule has 1 unspecified atom stereocenters. The van der Waals surface area contributed by atoms with Gasteiger partial charge in [-0.3, -0.25) is 9.69 Å². The molecule has 1 saturated heterocycles. The third-order valence-corrected chi connectivity index (χ3v) is 4.63. The first-order valence-electron chi connectivity index (χ1n) is 8.36. The lowest BCUT2D eigenvalue weighted by Crippen LogP contribution is -2.28. The Bertz CT molecular complexity index is 915. The minimum absolute atomic E-state index is 0.0618. The number of hydrogen-bond donors (Lipinski definition) is 1. The Kier molecular flexibility index (Phi) is 3.90. The molecule has 0 amide bonds. The van der Waals surface area contributed by atoms with Gasteiger partial charge in [-0.2, -0.15) is 0 Å². The Morgan fingerprint density at radius 1 is 1.38 bits per heavy atom. The zero-order valence-electron chi connectivity index (χ0n) is 13.7. The Labute approximate surface area is 139 Å². The van der Waals surface area contributed by atoms with E-state index >= 15 is 0 Å². The predicted molar refractivity (Wildman–Crippen MR) is 90.9 cm³/mol. The first-order chi connectivity index (χ1) is 11.7. The van der Waals surface area contributed by atoms with Crippen LogP contribution < -0.4 is 5.56 Å². The highest BCUT2D eigenvalue weighted by Crippen LogP contribution is 2.29. The van der Waals surface area contributed by atoms with Crippen molar-refractivity contribution in [2.75, 3.05) is 13.1 Å². The number of para-hydroxylation sites is 1. The Morgan fingerprint density at radius 3 is 3.08 bits per heavy atom. The summed E-state index contributed by atoms with van der Waals surface area (Å²) in [5, 5.41) is 4.57. The van der Waals surface area contributed by atoms with E-state index in [-0.39, 0.29) is 11.6 Å². The minimum Gasteiger partial charge on any atom is -0.361 e. The molecule has 6 heteroatoms. The largest absolute Gasteiger partial charge is 0.361 e. The van der Waals surface area contributed by atoms with Gasteiger partial charge in [0, 0.05) is 19.0 Å². The molecule has 0 bridgehead atoms. The fourth-order valence-corrected chi connectivity index (χ4v) is 3.45. The van der Waals surface area contributed by atoms with Crippen molar-refractivity contribution in [3.63, 3.8) is 0 Å². The summed E-state index contributed by atoms with van der Waals surface area (Å²) in [6.45, 7) is 3.81. The molecule has 4 rings (SSSR count). The van der Waals surface area contributed by atoms with E-state index in [9.17, 15) is 4.79 Å². The van der Waals surface area contributed by atoms with E-state index in [1.165, 1.54) is 0 Å². The number of aromatic amines is 1. The molecule has 3 aromatic rings. The Balaban J connectivity index is 1.57. The molecule has 0 aliphatic carbocycles. The molecule has 1 aromatic carbocycles. The van der Waals surface area contributed by atoms with Crippen molar-refractivity contribution >= 4 is 10.9 Å². The lowest BCUT2D eigenvalue weighted by molar-refractivity contribution is 0.242. The number of benzene rings is 1. The molecule has 124 valence electrons. The number of nitrogens with zero attached hydrogens (tertiary/aromatic N) is 3. The van der Waals surface area contributed by atoms with Crippen molar-refractivity contribution in [1.29, 1.82) is 0 Å². The summed E-state index contributed by atoms with van der Waals surface area (Å²) in [5.74, 6) is 1.67. The van der Waals surface area contributed by atoms with E-state index in [2.05, 4.69) is 15.0 Å². The summed E-state index contributed by atoms with van der Waals surface area (Å²) in [7, 11) is 0. The highest BCUT2D eigenvalue weighted by Gasteiger charge is 2.28. The first-order valence-corrected chi connectivity index (χ1v) is 8.36. The molecular weight excluding hydrogens is 304 g/mol. The van der Waals surface area contributed by atoms with Crippen molar-refractivity contribution in [1.82, 2.24) is 20.0 Å². The van der Waals surface area contributed by atoms with Crippen molar-refractivity contribution in [2.24, 2.45) is 0 Å². The van der Waals surface area contributed by atoms with Crippen LogP contribution in [0.4, 0.5) is 0 Å². The summed E-state index contributed by atoms with van der Waals surface area (Å²) >= 11 is 0. The van der Waals surface area contributed by atoms with Gasteiger partial charge in [0.2, 0.25) is 0 Å². The van der Waals surface area contributed by atoms with Crippen LogP contribution in [-0.2, 0) is 6.42 Å². The average Bonchev–Trinajstić information content (AvgIpc) is 3.21. The summed E-state index contributed by atoms with van der Waals surface area (Å²) in [4.78, 5) is 22.3. The van der Waals surface area contributed by atoms with Crippen LogP contribution in [0.3, 0.4) is 0 Å². The number of fused-ring (bicyclic) bond motifs is 1. The molecular formula is C18H20N4O2. The monoisotopic (exact) mass is 324 g/mol. The summed E-state index contributed by atoms with van der Waals surface area (Å²) < 4.78 is 5.29. The molecule has 0 saturated carbocycles. The van der Waals surface area contributed by atoms with Gasteiger partial charge in [-0.1, -0.05) is 17.3 Å². The van der Waals surface area contributed by atoms with Gasteiger partial charge in [0.05, 0.1) is 22.6 Å². The fourth-order valence-electron chi connectivity index (χ4n) is 3.45. The SMILES string of the molecule is Cc1cc(CCN2CCCC2c2nc3ccccc3c(=O)[nH]2)on1. The van der Waals surface area contributed by atoms with E-state index in [1.807, 2.05) is 37.3 Å². The first kappa shape index (κ1) is 15.1. The van der Waals surface area contributed by atoms with Gasteiger partial charge in [-0.25, -0.2) is 4.98 Å². The summed E-state index contributed by atoms with van der Waals surface area (Å²) in [6, 6.07) is 9.61. The standard InChI is InChI=1S/C18H20N4O2/c1-12-11-13(24-21-12)8-10-22-9-4-7-16(22)17-19-15-6-3-2-5-14(15)18(23)20-17/h2-3,5-6,11,16H,4,7-10H2,1H3,(H,19,20,23). The van der Waals surface area contributed by atoms with Gasteiger partial charge in [-0.15, -0.1) is 0 Å². The quantitative estimate of drug-likeness (QED) is 0.798. The molecule has 1 atom stereocenters. The number of H-pyrrole nitrogens is 1. The Morgan fingerprint density at radius 2 is 2.25 bits per heavy atom. The normalized spacial score (nSPS) is 18.5. The van der Waals surface area contributed by atoms with Gasteiger partial charge in [0.15, 0.2) is 0 Å². The van der Waals surface area contributed by atoms with E-state index in [4.69, 9.17) is 9.51 Å². The van der Waals surface area contributed by atoms with Gasteiger partial charge < -0.3 is 9.51 Å². The fraction of sp³-hybridized carbons (Fsp3) is 0.389. The summed E-state index contributed by atoms with van der Waals surface area (Å²) in [5.41, 5.74) is 1.60. The number of hydrogen-bond acceptors (Lipinski definition) is 5. The zero-order chi connectivity index (χ0) is 16.5. The molecule has 2 aromatic heterocycles. The van der Waals surface area contributed by atoms with E-state index in [1.54, 1.807) is 0 Å². The topological polar surface area (TPSA) is 75.0 Å². The van der Waals surface area contributed by atoms with Crippen LogP contribution in [0.15, 0.2) is 39.6 Å². The predicted octanol–water partition coefficient (Wildman–Crippen LogP) is 2.60.